The number of carbonyl (C=O) groups excluding carboxylic acids is 2. The van der Waals surface area contributed by atoms with Gasteiger partial charge in [-0.15, -0.1) is 0 Å². The van der Waals surface area contributed by atoms with E-state index in [4.69, 9.17) is 35.4 Å². The topological polar surface area (TPSA) is 113 Å². The highest BCUT2D eigenvalue weighted by Gasteiger charge is 2.35. The van der Waals surface area contributed by atoms with Crippen molar-refractivity contribution in [2.45, 2.75) is 0 Å². The molecule has 0 radical (unpaired) electrons. The van der Waals surface area contributed by atoms with Gasteiger partial charge in [-0.3, -0.25) is 29.9 Å². The Bertz CT molecular complexity index is 1090. The molecule has 0 aromatic heterocycles. The first-order valence-electron chi connectivity index (χ1n) is 7.53. The number of carbonyl (C=O) groups is 2. The minimum atomic E-state index is -0.783. The van der Waals surface area contributed by atoms with Gasteiger partial charge in [0.2, 0.25) is 0 Å². The van der Waals surface area contributed by atoms with Gasteiger partial charge in [-0.05, 0) is 48.1 Å². The Morgan fingerprint density at radius 3 is 2.54 bits per heavy atom. The van der Waals surface area contributed by atoms with Crippen LogP contribution in [0.2, 0.25) is 10.0 Å². The lowest BCUT2D eigenvalue weighted by atomic mass is 10.1. The van der Waals surface area contributed by atoms with E-state index in [9.17, 15) is 24.8 Å². The number of nitro benzene ring substituents is 1. The molecule has 0 aliphatic carbocycles. The highest BCUT2D eigenvalue weighted by atomic mass is 35.5. The molecule has 2 N–H and O–H groups in total. The zero-order valence-electron chi connectivity index (χ0n) is 13.7. The van der Waals surface area contributed by atoms with Crippen molar-refractivity contribution in [1.82, 2.24) is 5.32 Å². The summed E-state index contributed by atoms with van der Waals surface area (Å²) in [5.74, 6) is -2.08. The lowest BCUT2D eigenvalue weighted by molar-refractivity contribution is -0.385. The first kappa shape index (κ1) is 19.7. The van der Waals surface area contributed by atoms with Crippen molar-refractivity contribution in [2.24, 2.45) is 0 Å². The van der Waals surface area contributed by atoms with Gasteiger partial charge in [0.25, 0.3) is 11.8 Å². The molecule has 0 bridgehead atoms. The maximum atomic E-state index is 12.9. The summed E-state index contributed by atoms with van der Waals surface area (Å²) < 4.78 is 0. The van der Waals surface area contributed by atoms with Gasteiger partial charge in [0.1, 0.15) is 5.57 Å². The van der Waals surface area contributed by atoms with Gasteiger partial charge in [-0.2, -0.15) is 0 Å². The number of hydrogen-bond donors (Lipinski definition) is 2. The van der Waals surface area contributed by atoms with Crippen molar-refractivity contribution in [3.05, 3.63) is 67.7 Å². The van der Waals surface area contributed by atoms with E-state index in [1.165, 1.54) is 24.3 Å². The second kappa shape index (κ2) is 7.55. The first-order chi connectivity index (χ1) is 13.2. The summed E-state index contributed by atoms with van der Waals surface area (Å²) in [5, 5.41) is 23.2. The van der Waals surface area contributed by atoms with Crippen LogP contribution in [0.1, 0.15) is 5.56 Å². The number of anilines is 1. The van der Waals surface area contributed by atoms with Crippen LogP contribution in [-0.2, 0) is 9.59 Å². The van der Waals surface area contributed by atoms with E-state index in [0.29, 0.717) is 5.02 Å². The summed E-state index contributed by atoms with van der Waals surface area (Å²) in [6, 6.07) is 7.83. The van der Waals surface area contributed by atoms with Crippen molar-refractivity contribution < 1.29 is 19.6 Å². The largest absolute Gasteiger partial charge is 0.502 e. The van der Waals surface area contributed by atoms with Crippen LogP contribution in [0.15, 0.2) is 42.0 Å². The molecule has 1 heterocycles. The number of phenols is 1. The Kier molecular flexibility index (Phi) is 5.32. The van der Waals surface area contributed by atoms with Crippen LogP contribution < -0.4 is 10.2 Å². The zero-order valence-corrected chi connectivity index (χ0v) is 16.0. The lowest BCUT2D eigenvalue weighted by Gasteiger charge is -2.29. The summed E-state index contributed by atoms with van der Waals surface area (Å²) in [4.78, 5) is 36.4. The minimum Gasteiger partial charge on any atom is -0.502 e. The number of hydrogen-bond acceptors (Lipinski definition) is 6. The highest BCUT2D eigenvalue weighted by Crippen LogP contribution is 2.32. The summed E-state index contributed by atoms with van der Waals surface area (Å²) >= 11 is 17.1. The molecule has 28 heavy (non-hydrogen) atoms. The molecule has 1 saturated heterocycles. The second-order valence-electron chi connectivity index (χ2n) is 5.56. The van der Waals surface area contributed by atoms with E-state index in [1.807, 2.05) is 0 Å². The van der Waals surface area contributed by atoms with Crippen molar-refractivity contribution in [2.75, 3.05) is 4.90 Å². The number of halogens is 2. The molecule has 0 spiro atoms. The Morgan fingerprint density at radius 1 is 1.18 bits per heavy atom. The fourth-order valence-electron chi connectivity index (χ4n) is 2.48. The highest BCUT2D eigenvalue weighted by molar-refractivity contribution is 7.80. The number of nitrogens with one attached hydrogen (secondary N) is 1. The average molecular weight is 438 g/mol. The number of phenolic OH excluding ortho intramolecular Hbond substituents is 1. The average Bonchev–Trinajstić information content (AvgIpc) is 2.61. The van der Waals surface area contributed by atoms with Crippen LogP contribution in [0.5, 0.6) is 5.75 Å². The molecule has 1 aliphatic heterocycles. The summed E-state index contributed by atoms with van der Waals surface area (Å²) in [6.45, 7) is 0. The Labute approximate surface area is 173 Å². The van der Waals surface area contributed by atoms with E-state index < -0.39 is 28.2 Å². The molecule has 11 heteroatoms. The van der Waals surface area contributed by atoms with Crippen molar-refractivity contribution in [3.8, 4) is 5.75 Å². The molecule has 2 aromatic carbocycles. The molecular weight excluding hydrogens is 429 g/mol. The van der Waals surface area contributed by atoms with Gasteiger partial charge < -0.3 is 5.11 Å². The zero-order chi connectivity index (χ0) is 20.6. The van der Waals surface area contributed by atoms with Crippen LogP contribution in [0.3, 0.4) is 0 Å². The maximum absolute atomic E-state index is 12.9. The van der Waals surface area contributed by atoms with E-state index in [1.54, 1.807) is 0 Å². The van der Waals surface area contributed by atoms with Crippen LogP contribution in [-0.4, -0.2) is 27.0 Å². The fourth-order valence-corrected chi connectivity index (χ4v) is 3.25. The third-order valence-electron chi connectivity index (χ3n) is 3.76. The SMILES string of the molecule is O=C1NC(=S)N(c2ccc(Cl)cc2Cl)C(=O)/C1=C/c1ccc(O)c([N+](=O)[O-])c1. The number of amides is 2. The van der Waals surface area contributed by atoms with Crippen molar-refractivity contribution in [1.29, 1.82) is 0 Å². The summed E-state index contributed by atoms with van der Waals surface area (Å²) in [6.07, 6.45) is 1.16. The Hall–Kier alpha value is -3.01. The Balaban J connectivity index is 2.06. The molecule has 0 unspecified atom stereocenters. The molecule has 2 aromatic rings. The van der Waals surface area contributed by atoms with Gasteiger partial charge in [0.05, 0.1) is 15.6 Å². The smallest absolute Gasteiger partial charge is 0.311 e. The van der Waals surface area contributed by atoms with Crippen LogP contribution in [0, 0.1) is 10.1 Å². The molecule has 0 atom stereocenters. The monoisotopic (exact) mass is 437 g/mol. The normalized spacial score (nSPS) is 15.7. The molecule has 3 rings (SSSR count). The molecule has 0 saturated carbocycles. The Morgan fingerprint density at radius 2 is 1.89 bits per heavy atom. The van der Waals surface area contributed by atoms with Gasteiger partial charge in [0, 0.05) is 11.1 Å². The second-order valence-corrected chi connectivity index (χ2v) is 6.79. The quantitative estimate of drug-likeness (QED) is 0.250. The van der Waals surface area contributed by atoms with Gasteiger partial charge in [-0.1, -0.05) is 29.3 Å². The number of nitro groups is 1. The molecular formula is C17H9Cl2N3O5S. The van der Waals surface area contributed by atoms with Crippen LogP contribution in [0.25, 0.3) is 6.08 Å². The van der Waals surface area contributed by atoms with E-state index in [0.717, 1.165) is 23.1 Å². The first-order valence-corrected chi connectivity index (χ1v) is 8.69. The third-order valence-corrected chi connectivity index (χ3v) is 4.58. The molecule has 2 amide bonds. The molecule has 1 fully saturated rings. The van der Waals surface area contributed by atoms with E-state index in [-0.39, 0.29) is 27.0 Å². The van der Waals surface area contributed by atoms with E-state index in [2.05, 4.69) is 5.32 Å². The van der Waals surface area contributed by atoms with Gasteiger partial charge >= 0.3 is 5.69 Å². The number of aromatic hydroxyl groups is 1. The molecule has 8 nitrogen and oxygen atoms in total. The maximum Gasteiger partial charge on any atom is 0.311 e. The molecule has 1 aliphatic rings. The van der Waals surface area contributed by atoms with Crippen LogP contribution >= 0.6 is 35.4 Å². The number of benzene rings is 2. The number of rotatable bonds is 3. The lowest BCUT2D eigenvalue weighted by Crippen LogP contribution is -2.54. The van der Waals surface area contributed by atoms with Crippen molar-refractivity contribution >= 4 is 69.8 Å². The van der Waals surface area contributed by atoms with E-state index >= 15 is 0 Å². The van der Waals surface area contributed by atoms with Crippen LogP contribution in [0.4, 0.5) is 11.4 Å². The minimum absolute atomic E-state index is 0.138. The standard InChI is InChI=1S/C17H9Cl2N3O5S/c18-9-2-3-12(11(19)7-9)21-16(25)10(15(24)20-17(21)28)5-8-1-4-14(23)13(6-8)22(26)27/h1-7,23H,(H,20,24,28)/b10-5+. The molecule has 142 valence electrons. The number of thiocarbonyl (C=S) groups is 1. The predicted octanol–water partition coefficient (Wildman–Crippen LogP) is 3.44. The van der Waals surface area contributed by atoms with Gasteiger partial charge in [0.15, 0.2) is 10.9 Å². The summed E-state index contributed by atoms with van der Waals surface area (Å²) in [7, 11) is 0. The third kappa shape index (κ3) is 3.68. The fraction of sp³-hybridized carbons (Fsp3) is 0. The summed E-state index contributed by atoms with van der Waals surface area (Å²) in [5.41, 5.74) is -0.507. The van der Waals surface area contributed by atoms with Gasteiger partial charge in [-0.25, -0.2) is 0 Å². The predicted molar refractivity (Wildman–Crippen MR) is 107 cm³/mol. The number of nitrogens with zero attached hydrogens (tertiary/aromatic N) is 2. The van der Waals surface area contributed by atoms with Crippen molar-refractivity contribution in [3.63, 3.8) is 0 Å².